The normalized spacial score (nSPS) is 30.4. The van der Waals surface area contributed by atoms with E-state index in [1.807, 2.05) is 4.90 Å². The smallest absolute Gasteiger partial charge is 0.240 e. The van der Waals surface area contributed by atoms with Gasteiger partial charge in [-0.05, 0) is 19.8 Å². The molecule has 0 radical (unpaired) electrons. The fourth-order valence-corrected chi connectivity index (χ4v) is 2.39. The number of carbonyl (C=O) groups excluding carboxylic acids is 1. The highest BCUT2D eigenvalue weighted by Gasteiger charge is 2.32. The zero-order valence-corrected chi connectivity index (χ0v) is 10.0. The molecule has 4 heteroatoms. The summed E-state index contributed by atoms with van der Waals surface area (Å²) in [5.74, 6) is 0.229. The average molecular weight is 224 g/mol. The Morgan fingerprint density at radius 2 is 2.44 bits per heavy atom. The highest BCUT2D eigenvalue weighted by Crippen LogP contribution is 2.15. The molecule has 1 amide bonds. The number of hydrogen-bond acceptors (Lipinski definition) is 3. The molecule has 0 saturated carbocycles. The van der Waals surface area contributed by atoms with Crippen LogP contribution in [-0.2, 0) is 9.53 Å². The zero-order chi connectivity index (χ0) is 11.5. The van der Waals surface area contributed by atoms with E-state index >= 15 is 0 Å². The summed E-state index contributed by atoms with van der Waals surface area (Å²) >= 11 is 0. The van der Waals surface area contributed by atoms with Crippen molar-refractivity contribution in [1.29, 1.82) is 0 Å². The number of amides is 1. The third kappa shape index (κ3) is 2.44. The van der Waals surface area contributed by atoms with Gasteiger partial charge in [0, 0.05) is 26.7 Å². The molecule has 2 unspecified atom stereocenters. The lowest BCUT2D eigenvalue weighted by Gasteiger charge is -2.28. The van der Waals surface area contributed by atoms with Gasteiger partial charge in [0.25, 0.3) is 0 Å². The summed E-state index contributed by atoms with van der Waals surface area (Å²) in [7, 11) is 1.70. The predicted molar refractivity (Wildman–Crippen MR) is 62.2 cm³/mol. The van der Waals surface area contributed by atoms with Crippen LogP contribution in [0.3, 0.4) is 0 Å². The van der Waals surface area contributed by atoms with Crippen molar-refractivity contribution in [2.45, 2.75) is 31.9 Å². The molecule has 0 aromatic rings. The molecule has 90 valence electrons. The van der Waals surface area contributed by atoms with Gasteiger partial charge in [-0.25, -0.2) is 0 Å². The number of nitrogens with one attached hydrogen (secondary N) is 1. The van der Waals surface area contributed by atoms with Crippen molar-refractivity contribution in [2.75, 3.05) is 26.7 Å². The molecule has 2 aliphatic heterocycles. The van der Waals surface area contributed by atoms with E-state index in [1.54, 1.807) is 7.11 Å². The zero-order valence-electron chi connectivity index (χ0n) is 10.0. The Kier molecular flexibility index (Phi) is 3.61. The number of methoxy groups -OCH3 is 1. The third-order valence-electron chi connectivity index (χ3n) is 3.37. The second kappa shape index (κ2) is 4.97. The second-order valence-electron chi connectivity index (χ2n) is 4.65. The van der Waals surface area contributed by atoms with E-state index in [4.69, 9.17) is 4.74 Å². The second-order valence-corrected chi connectivity index (χ2v) is 4.65. The van der Waals surface area contributed by atoms with Crippen molar-refractivity contribution in [3.05, 3.63) is 11.6 Å². The van der Waals surface area contributed by atoms with Crippen LogP contribution >= 0.6 is 0 Å². The van der Waals surface area contributed by atoms with Crippen LogP contribution in [0.1, 0.15) is 19.8 Å². The van der Waals surface area contributed by atoms with E-state index in [-0.39, 0.29) is 18.1 Å². The van der Waals surface area contributed by atoms with E-state index in [2.05, 4.69) is 18.3 Å². The van der Waals surface area contributed by atoms with Crippen LogP contribution < -0.4 is 5.32 Å². The first-order valence-electron chi connectivity index (χ1n) is 5.91. The van der Waals surface area contributed by atoms with E-state index in [0.717, 1.165) is 32.5 Å². The average Bonchev–Trinajstić information content (AvgIpc) is 2.76. The molecule has 2 rings (SSSR count). The van der Waals surface area contributed by atoms with E-state index in [1.165, 1.54) is 5.57 Å². The van der Waals surface area contributed by atoms with E-state index in [9.17, 15) is 4.79 Å². The van der Waals surface area contributed by atoms with Crippen LogP contribution in [0.15, 0.2) is 11.6 Å². The molecule has 0 bridgehead atoms. The minimum atomic E-state index is -0.0455. The fraction of sp³-hybridized carbons (Fsp3) is 0.750. The Morgan fingerprint density at radius 3 is 3.06 bits per heavy atom. The van der Waals surface area contributed by atoms with Gasteiger partial charge in [-0.2, -0.15) is 0 Å². The number of ether oxygens (including phenoxy) is 1. The third-order valence-corrected chi connectivity index (χ3v) is 3.37. The van der Waals surface area contributed by atoms with Gasteiger partial charge >= 0.3 is 0 Å². The van der Waals surface area contributed by atoms with Gasteiger partial charge in [-0.1, -0.05) is 11.6 Å². The molecule has 1 saturated heterocycles. The van der Waals surface area contributed by atoms with Crippen LogP contribution in [0.4, 0.5) is 0 Å². The Balaban J connectivity index is 1.91. The van der Waals surface area contributed by atoms with Crippen LogP contribution in [0.25, 0.3) is 0 Å². The van der Waals surface area contributed by atoms with Crippen molar-refractivity contribution in [3.8, 4) is 0 Å². The molecule has 1 fully saturated rings. The lowest BCUT2D eigenvalue weighted by atomic mass is 10.1. The summed E-state index contributed by atoms with van der Waals surface area (Å²) < 4.78 is 5.26. The Hall–Kier alpha value is -0.870. The highest BCUT2D eigenvalue weighted by atomic mass is 16.5. The topological polar surface area (TPSA) is 41.6 Å². The molecule has 2 heterocycles. The molecular formula is C12H20N2O2. The van der Waals surface area contributed by atoms with Crippen LogP contribution in [0, 0.1) is 0 Å². The van der Waals surface area contributed by atoms with Crippen LogP contribution in [0.2, 0.25) is 0 Å². The Morgan fingerprint density at radius 1 is 1.62 bits per heavy atom. The fourth-order valence-electron chi connectivity index (χ4n) is 2.39. The molecule has 0 aromatic heterocycles. The van der Waals surface area contributed by atoms with E-state index in [0.29, 0.717) is 0 Å². The molecule has 4 nitrogen and oxygen atoms in total. The van der Waals surface area contributed by atoms with Gasteiger partial charge in [0.05, 0.1) is 12.1 Å². The molecule has 16 heavy (non-hydrogen) atoms. The van der Waals surface area contributed by atoms with Crippen LogP contribution in [-0.4, -0.2) is 49.7 Å². The van der Waals surface area contributed by atoms with Gasteiger partial charge in [-0.15, -0.1) is 0 Å². The van der Waals surface area contributed by atoms with Gasteiger partial charge in [0.15, 0.2) is 0 Å². The van der Waals surface area contributed by atoms with Crippen LogP contribution in [0.5, 0.6) is 0 Å². The maximum Gasteiger partial charge on any atom is 0.240 e. The van der Waals surface area contributed by atoms with Gasteiger partial charge in [-0.3, -0.25) is 4.79 Å². The number of rotatable bonds is 2. The maximum absolute atomic E-state index is 12.2. The summed E-state index contributed by atoms with van der Waals surface area (Å²) in [5.41, 5.74) is 1.29. The SMILES string of the molecule is COC1CNC(C(=O)N2CCC=C(C)C2)C1. The van der Waals surface area contributed by atoms with Gasteiger partial charge < -0.3 is 15.0 Å². The first-order valence-corrected chi connectivity index (χ1v) is 5.91. The highest BCUT2D eigenvalue weighted by molar-refractivity contribution is 5.82. The minimum absolute atomic E-state index is 0.0455. The summed E-state index contributed by atoms with van der Waals surface area (Å²) in [6.07, 6.45) is 4.19. The predicted octanol–water partition coefficient (Wildman–Crippen LogP) is 0.542. The minimum Gasteiger partial charge on any atom is -0.380 e. The number of hydrogen-bond donors (Lipinski definition) is 1. The lowest BCUT2D eigenvalue weighted by Crippen LogP contribution is -2.45. The molecule has 1 N–H and O–H groups in total. The first-order chi connectivity index (χ1) is 7.70. The summed E-state index contributed by atoms with van der Waals surface area (Å²) in [4.78, 5) is 14.1. The Labute approximate surface area is 96.6 Å². The first kappa shape index (κ1) is 11.6. The van der Waals surface area contributed by atoms with Crippen molar-refractivity contribution in [2.24, 2.45) is 0 Å². The van der Waals surface area contributed by atoms with Crippen molar-refractivity contribution >= 4 is 5.91 Å². The number of nitrogens with zero attached hydrogens (tertiary/aromatic N) is 1. The monoisotopic (exact) mass is 224 g/mol. The molecule has 0 aromatic carbocycles. The van der Waals surface area contributed by atoms with Gasteiger partial charge in [0.2, 0.25) is 5.91 Å². The Bertz CT molecular complexity index is 301. The van der Waals surface area contributed by atoms with Crippen molar-refractivity contribution < 1.29 is 9.53 Å². The van der Waals surface area contributed by atoms with E-state index < -0.39 is 0 Å². The molecule has 2 atom stereocenters. The van der Waals surface area contributed by atoms with Crippen molar-refractivity contribution in [3.63, 3.8) is 0 Å². The summed E-state index contributed by atoms with van der Waals surface area (Å²) in [6.45, 7) is 4.51. The molecular weight excluding hydrogens is 204 g/mol. The summed E-state index contributed by atoms with van der Waals surface area (Å²) in [6, 6.07) is -0.0455. The summed E-state index contributed by atoms with van der Waals surface area (Å²) in [5, 5.41) is 3.23. The van der Waals surface area contributed by atoms with Crippen molar-refractivity contribution in [1.82, 2.24) is 10.2 Å². The molecule has 0 spiro atoms. The molecule has 2 aliphatic rings. The number of carbonyl (C=O) groups is 1. The molecule has 0 aliphatic carbocycles. The largest absolute Gasteiger partial charge is 0.380 e. The standard InChI is InChI=1S/C12H20N2O2/c1-9-4-3-5-14(8-9)12(15)11-6-10(16-2)7-13-11/h4,10-11,13H,3,5-8H2,1-2H3. The lowest BCUT2D eigenvalue weighted by molar-refractivity contribution is -0.133. The maximum atomic E-state index is 12.2. The quantitative estimate of drug-likeness (QED) is 0.696. The van der Waals surface area contributed by atoms with Gasteiger partial charge in [0.1, 0.15) is 0 Å².